The maximum atomic E-state index is 3.94. The molecule has 2 aliphatic rings. The number of hydrogen-bond donors (Lipinski definition) is 1. The van der Waals surface area contributed by atoms with Crippen LogP contribution in [0.25, 0.3) is 53.2 Å². The lowest BCUT2D eigenvalue weighted by Crippen LogP contribution is -2.47. The van der Waals surface area contributed by atoms with Crippen LogP contribution < -0.4 is 21.1 Å². The smallest absolute Gasteiger partial charge is 0.198 e. The van der Waals surface area contributed by atoms with E-state index in [1.54, 1.807) is 0 Å². The zero-order valence-electron chi connectivity index (χ0n) is 34.4. The molecule has 2 aliphatic heterocycles. The highest BCUT2D eigenvalue weighted by Crippen LogP contribution is 2.59. The van der Waals surface area contributed by atoms with Gasteiger partial charge in [0.25, 0.3) is 0 Å². The number of benzene rings is 10. The number of nitrogens with zero attached hydrogens (tertiary/aromatic N) is 1. The van der Waals surface area contributed by atoms with Gasteiger partial charge in [-0.1, -0.05) is 187 Å². The topological polar surface area (TPSA) is 15.3 Å². The number of nitrogens with one attached hydrogen (secondary N) is 1. The van der Waals surface area contributed by atoms with Crippen molar-refractivity contribution in [1.29, 1.82) is 0 Å². The molecule has 1 N–H and O–H groups in total. The van der Waals surface area contributed by atoms with E-state index < -0.39 is 5.41 Å². The Kier molecular flexibility index (Phi) is 8.13. The van der Waals surface area contributed by atoms with Gasteiger partial charge in [0.05, 0.1) is 21.5 Å². The van der Waals surface area contributed by atoms with E-state index in [1.165, 1.54) is 103 Å². The Labute approximate surface area is 371 Å². The van der Waals surface area contributed by atoms with Crippen molar-refractivity contribution in [2.75, 3.05) is 10.2 Å². The average molecular weight is 819 g/mol. The van der Waals surface area contributed by atoms with Gasteiger partial charge in [-0.05, 0) is 97.6 Å². The standard InChI is InChI=1S/C59H39BN2S/c1-4-17-38(18-5-1)39-31-33-44(34-32-39)61-52-36-41-20-11-10-19-40(41)35-46(52)47-37-48-45-25-12-15-30-54(45)63-58(48)57-55(47)60-51-28-16-27-50-56(51)62(57)53-29-14-13-26-49(53)59(50,42-21-6-2-7-22-42)43-23-8-3-9-24-43/h1-37,60-61H. The number of rotatable bonds is 6. The molecule has 4 heteroatoms. The number of hydrogen-bond acceptors (Lipinski definition) is 3. The summed E-state index contributed by atoms with van der Waals surface area (Å²) in [6.07, 6.45) is 0. The molecular formula is C59H39BN2S. The first-order valence-corrected chi connectivity index (χ1v) is 22.6. The molecule has 0 spiro atoms. The molecule has 11 aromatic rings. The number of anilines is 5. The molecule has 0 atom stereocenters. The highest BCUT2D eigenvalue weighted by molar-refractivity contribution is 7.26. The molecule has 13 rings (SSSR count). The van der Waals surface area contributed by atoms with E-state index in [0.29, 0.717) is 0 Å². The monoisotopic (exact) mass is 818 g/mol. The van der Waals surface area contributed by atoms with Gasteiger partial charge in [0, 0.05) is 38.1 Å². The van der Waals surface area contributed by atoms with Gasteiger partial charge in [-0.2, -0.15) is 0 Å². The Morgan fingerprint density at radius 3 is 1.84 bits per heavy atom. The second kappa shape index (κ2) is 14.2. The third-order valence-electron chi connectivity index (χ3n) is 13.5. The van der Waals surface area contributed by atoms with Crippen LogP contribution in [0.4, 0.5) is 28.4 Å². The van der Waals surface area contributed by atoms with Crippen molar-refractivity contribution >= 4 is 88.9 Å². The molecule has 0 aliphatic carbocycles. The number of thiophene rings is 1. The van der Waals surface area contributed by atoms with Gasteiger partial charge in [-0.15, -0.1) is 11.3 Å². The second-order valence-electron chi connectivity index (χ2n) is 16.9. The molecule has 0 unspecified atom stereocenters. The summed E-state index contributed by atoms with van der Waals surface area (Å²) >= 11 is 1.92. The SMILES string of the molecule is B1c2cccc3c2N(c2ccccc2C3(c2ccccc2)c2ccccc2)c2c1c(-c1cc3ccccc3cc1Nc1ccc(-c3ccccc3)cc1)cc1c2sc2ccccc21. The molecule has 1 aromatic heterocycles. The van der Waals surface area contributed by atoms with Crippen LogP contribution in [0.3, 0.4) is 0 Å². The van der Waals surface area contributed by atoms with Crippen LogP contribution in [0.1, 0.15) is 22.3 Å². The van der Waals surface area contributed by atoms with Crippen LogP contribution in [0, 0.1) is 0 Å². The summed E-state index contributed by atoms with van der Waals surface area (Å²) in [5.41, 5.74) is 18.1. The summed E-state index contributed by atoms with van der Waals surface area (Å²) in [6.45, 7) is 0. The van der Waals surface area contributed by atoms with E-state index in [-0.39, 0.29) is 0 Å². The second-order valence-corrected chi connectivity index (χ2v) is 17.9. The van der Waals surface area contributed by atoms with Crippen LogP contribution in [0.5, 0.6) is 0 Å². The van der Waals surface area contributed by atoms with Gasteiger partial charge < -0.3 is 10.2 Å². The van der Waals surface area contributed by atoms with Crippen LogP contribution in [-0.2, 0) is 5.41 Å². The fraction of sp³-hybridized carbons (Fsp3) is 0.0169. The first-order chi connectivity index (χ1) is 31.2. The molecular weight excluding hydrogens is 780 g/mol. The molecule has 0 radical (unpaired) electrons. The van der Waals surface area contributed by atoms with Crippen molar-refractivity contribution in [2.45, 2.75) is 5.41 Å². The Morgan fingerprint density at radius 2 is 1.08 bits per heavy atom. The van der Waals surface area contributed by atoms with Gasteiger partial charge >= 0.3 is 0 Å². The van der Waals surface area contributed by atoms with Gasteiger partial charge in [0.1, 0.15) is 0 Å². The summed E-state index contributed by atoms with van der Waals surface area (Å²) in [5, 5.41) is 8.95. The first kappa shape index (κ1) is 36.0. The molecule has 0 amide bonds. The zero-order valence-corrected chi connectivity index (χ0v) is 35.2. The third-order valence-corrected chi connectivity index (χ3v) is 14.7. The van der Waals surface area contributed by atoms with Crippen molar-refractivity contribution in [3.63, 3.8) is 0 Å². The lowest BCUT2D eigenvalue weighted by molar-refractivity contribution is 0.732. The molecule has 3 heterocycles. The molecule has 0 saturated carbocycles. The largest absolute Gasteiger partial charge is 0.355 e. The normalized spacial score (nSPS) is 13.3. The van der Waals surface area contributed by atoms with E-state index in [2.05, 4.69) is 235 Å². The highest BCUT2D eigenvalue weighted by atomic mass is 32.1. The first-order valence-electron chi connectivity index (χ1n) is 21.8. The predicted molar refractivity (Wildman–Crippen MR) is 270 cm³/mol. The summed E-state index contributed by atoms with van der Waals surface area (Å²) < 4.78 is 2.62. The van der Waals surface area contributed by atoms with Gasteiger partial charge in [-0.3, -0.25) is 0 Å². The molecule has 63 heavy (non-hydrogen) atoms. The Balaban J connectivity index is 1.09. The van der Waals surface area contributed by atoms with Crippen LogP contribution in [0.15, 0.2) is 224 Å². The summed E-state index contributed by atoms with van der Waals surface area (Å²) in [4.78, 5) is 2.65. The highest BCUT2D eigenvalue weighted by Gasteiger charge is 2.49. The van der Waals surface area contributed by atoms with Crippen LogP contribution >= 0.6 is 11.3 Å². The summed E-state index contributed by atoms with van der Waals surface area (Å²) in [7, 11) is 0.800. The fourth-order valence-corrected chi connectivity index (χ4v) is 12.0. The van der Waals surface area contributed by atoms with Crippen molar-refractivity contribution in [1.82, 2.24) is 0 Å². The summed E-state index contributed by atoms with van der Waals surface area (Å²) in [6, 6.07) is 83.0. The minimum absolute atomic E-state index is 0.527. The van der Waals surface area contributed by atoms with Crippen LogP contribution in [-0.4, -0.2) is 7.28 Å². The van der Waals surface area contributed by atoms with Crippen molar-refractivity contribution < 1.29 is 0 Å². The Morgan fingerprint density at radius 1 is 0.460 bits per heavy atom. The number of fused-ring (bicyclic) bond motifs is 9. The van der Waals surface area contributed by atoms with Gasteiger partial charge in [0.2, 0.25) is 0 Å². The van der Waals surface area contributed by atoms with Crippen molar-refractivity contribution in [3.8, 4) is 22.3 Å². The van der Waals surface area contributed by atoms with E-state index in [0.717, 1.165) is 18.7 Å². The molecule has 0 bridgehead atoms. The van der Waals surface area contributed by atoms with Gasteiger partial charge in [0.15, 0.2) is 7.28 Å². The molecule has 10 aromatic carbocycles. The molecule has 0 fully saturated rings. The van der Waals surface area contributed by atoms with Crippen molar-refractivity contribution in [3.05, 3.63) is 247 Å². The summed E-state index contributed by atoms with van der Waals surface area (Å²) in [5.74, 6) is 0. The zero-order chi connectivity index (χ0) is 41.5. The van der Waals surface area contributed by atoms with Crippen molar-refractivity contribution in [2.24, 2.45) is 0 Å². The molecule has 294 valence electrons. The minimum atomic E-state index is -0.527. The van der Waals surface area contributed by atoms with Gasteiger partial charge in [-0.25, -0.2) is 0 Å². The molecule has 0 saturated heterocycles. The Hall–Kier alpha value is -7.66. The lowest BCUT2D eigenvalue weighted by Gasteiger charge is -2.49. The van der Waals surface area contributed by atoms with Crippen LogP contribution in [0.2, 0.25) is 0 Å². The minimum Gasteiger partial charge on any atom is -0.355 e. The van der Waals surface area contributed by atoms with E-state index >= 15 is 0 Å². The Bertz CT molecular complexity index is 3520. The third kappa shape index (κ3) is 5.45. The quantitative estimate of drug-likeness (QED) is 0.168. The molecule has 2 nitrogen and oxygen atoms in total. The fourth-order valence-electron chi connectivity index (χ4n) is 10.8. The van der Waals surface area contributed by atoms with E-state index in [1.807, 2.05) is 11.3 Å². The number of para-hydroxylation sites is 2. The van der Waals surface area contributed by atoms with E-state index in [4.69, 9.17) is 0 Å². The average Bonchev–Trinajstić information content (AvgIpc) is 3.73. The maximum Gasteiger partial charge on any atom is 0.198 e. The van der Waals surface area contributed by atoms with E-state index in [9.17, 15) is 0 Å². The lowest BCUT2D eigenvalue weighted by atomic mass is 9.54. The maximum absolute atomic E-state index is 3.94. The predicted octanol–water partition coefficient (Wildman–Crippen LogP) is 14.2.